The quantitative estimate of drug-likeness (QED) is 0.638. The fourth-order valence-electron chi connectivity index (χ4n) is 3.10. The van der Waals surface area contributed by atoms with Crippen LogP contribution in [0.5, 0.6) is 0 Å². The van der Waals surface area contributed by atoms with Crippen LogP contribution in [-0.4, -0.2) is 6.04 Å². The predicted octanol–water partition coefficient (Wildman–Crippen LogP) is 6.19. The molecule has 0 atom stereocenters. The van der Waals surface area contributed by atoms with Gasteiger partial charge in [0.2, 0.25) is 0 Å². The van der Waals surface area contributed by atoms with Gasteiger partial charge in [-0.15, -0.1) is 0 Å². The van der Waals surface area contributed by atoms with Gasteiger partial charge in [-0.25, -0.2) is 0 Å². The zero-order valence-electron chi connectivity index (χ0n) is 12.3. The summed E-state index contributed by atoms with van der Waals surface area (Å²) in [6.45, 7) is 4.30. The number of hydrogen-bond donors (Lipinski definition) is 1. The maximum Gasteiger partial charge on any atom is 0.0516 e. The topological polar surface area (TPSA) is 12.0 Å². The molecule has 110 valence electrons. The van der Waals surface area contributed by atoms with Gasteiger partial charge < -0.3 is 5.32 Å². The van der Waals surface area contributed by atoms with Gasteiger partial charge in [0, 0.05) is 15.0 Å². The van der Waals surface area contributed by atoms with Crippen molar-refractivity contribution in [2.75, 3.05) is 5.32 Å². The zero-order chi connectivity index (χ0) is 15.0. The van der Waals surface area contributed by atoms with Gasteiger partial charge in [-0.3, -0.25) is 0 Å². The molecule has 1 fully saturated rings. The number of benzene rings is 2. The van der Waals surface area contributed by atoms with E-state index in [1.807, 2.05) is 0 Å². The van der Waals surface area contributed by atoms with Gasteiger partial charge in [-0.05, 0) is 77.4 Å². The monoisotopic (exact) mass is 407 g/mol. The lowest BCUT2D eigenvalue weighted by atomic mass is 9.75. The molecule has 0 saturated heterocycles. The molecule has 1 aliphatic carbocycles. The van der Waals surface area contributed by atoms with Crippen LogP contribution in [0.25, 0.3) is 0 Å². The van der Waals surface area contributed by atoms with Crippen molar-refractivity contribution in [1.29, 1.82) is 0 Å². The molecule has 0 heterocycles. The first-order valence-corrected chi connectivity index (χ1v) is 8.91. The third-order valence-electron chi connectivity index (χ3n) is 4.26. The van der Waals surface area contributed by atoms with Crippen molar-refractivity contribution in [3.05, 3.63) is 62.0 Å². The van der Waals surface area contributed by atoms with Gasteiger partial charge in [0.05, 0.1) is 5.69 Å². The Bertz CT molecular complexity index is 637. The summed E-state index contributed by atoms with van der Waals surface area (Å²) in [4.78, 5) is 0. The summed E-state index contributed by atoms with van der Waals surface area (Å²) in [5.41, 5.74) is 5.29. The number of hydrogen-bond acceptors (Lipinski definition) is 1. The van der Waals surface area contributed by atoms with Crippen LogP contribution in [0.1, 0.15) is 35.4 Å². The van der Waals surface area contributed by atoms with E-state index in [4.69, 9.17) is 0 Å². The lowest BCUT2D eigenvalue weighted by Gasteiger charge is -2.38. The second kappa shape index (κ2) is 6.13. The molecule has 2 aromatic rings. The second-order valence-electron chi connectivity index (χ2n) is 5.97. The Morgan fingerprint density at radius 1 is 1.00 bits per heavy atom. The van der Waals surface area contributed by atoms with Crippen molar-refractivity contribution in [3.8, 4) is 0 Å². The maximum absolute atomic E-state index is 3.70. The van der Waals surface area contributed by atoms with E-state index in [-0.39, 0.29) is 0 Å². The highest BCUT2D eigenvalue weighted by atomic mass is 79.9. The Morgan fingerprint density at radius 2 is 1.71 bits per heavy atom. The SMILES string of the molecule is Cc1cc(C)c(NC2CC(c3ccccc3Br)C2)c(Br)c1. The third-order valence-corrected chi connectivity index (χ3v) is 5.61. The number of rotatable bonds is 3. The van der Waals surface area contributed by atoms with Crippen LogP contribution in [-0.2, 0) is 0 Å². The van der Waals surface area contributed by atoms with Crippen LogP contribution in [0.15, 0.2) is 45.3 Å². The minimum absolute atomic E-state index is 0.569. The molecule has 0 aliphatic heterocycles. The van der Waals surface area contributed by atoms with Gasteiger partial charge in [-0.1, -0.05) is 40.2 Å². The molecule has 0 bridgehead atoms. The van der Waals surface area contributed by atoms with Crippen LogP contribution >= 0.6 is 31.9 Å². The van der Waals surface area contributed by atoms with E-state index < -0.39 is 0 Å². The normalized spacial score (nSPS) is 21.0. The Kier molecular flexibility index (Phi) is 4.41. The smallest absolute Gasteiger partial charge is 0.0516 e. The molecule has 2 aromatic carbocycles. The molecule has 0 unspecified atom stereocenters. The summed E-state index contributed by atoms with van der Waals surface area (Å²) in [5.74, 6) is 0.669. The molecule has 0 aromatic heterocycles. The fourth-order valence-corrected chi connectivity index (χ4v) is 4.50. The van der Waals surface area contributed by atoms with E-state index in [0.717, 1.165) is 0 Å². The van der Waals surface area contributed by atoms with E-state index in [1.54, 1.807) is 0 Å². The summed E-state index contributed by atoms with van der Waals surface area (Å²) >= 11 is 7.34. The first-order valence-electron chi connectivity index (χ1n) is 7.32. The number of aryl methyl sites for hydroxylation is 2. The van der Waals surface area contributed by atoms with Gasteiger partial charge in [0.15, 0.2) is 0 Å². The molecule has 0 spiro atoms. The average molecular weight is 409 g/mol. The van der Waals surface area contributed by atoms with Crippen LogP contribution in [0.4, 0.5) is 5.69 Å². The molecular weight excluding hydrogens is 390 g/mol. The second-order valence-corrected chi connectivity index (χ2v) is 7.68. The molecule has 1 aliphatic rings. The molecule has 1 nitrogen and oxygen atoms in total. The standard InChI is InChI=1S/C18H19Br2N/c1-11-7-12(2)18(17(20)8-11)21-14-9-13(10-14)15-5-3-4-6-16(15)19/h3-8,13-14,21H,9-10H2,1-2H3. The summed E-state index contributed by atoms with van der Waals surface area (Å²) < 4.78 is 2.41. The van der Waals surface area contributed by atoms with Crippen molar-refractivity contribution in [1.82, 2.24) is 0 Å². The van der Waals surface area contributed by atoms with Crippen molar-refractivity contribution in [2.45, 2.75) is 38.6 Å². The van der Waals surface area contributed by atoms with E-state index in [0.29, 0.717) is 12.0 Å². The molecular formula is C18H19Br2N. The first kappa shape index (κ1) is 15.1. The average Bonchev–Trinajstić information content (AvgIpc) is 2.37. The molecule has 21 heavy (non-hydrogen) atoms. The van der Waals surface area contributed by atoms with Crippen LogP contribution in [0.2, 0.25) is 0 Å². The fraction of sp³-hybridized carbons (Fsp3) is 0.333. The zero-order valence-corrected chi connectivity index (χ0v) is 15.5. The minimum atomic E-state index is 0.569. The van der Waals surface area contributed by atoms with E-state index >= 15 is 0 Å². The summed E-state index contributed by atoms with van der Waals surface area (Å²) in [7, 11) is 0. The molecule has 0 radical (unpaired) electrons. The lowest BCUT2D eigenvalue weighted by molar-refractivity contribution is 0.373. The third kappa shape index (κ3) is 3.19. The van der Waals surface area contributed by atoms with E-state index in [1.165, 1.54) is 44.2 Å². The van der Waals surface area contributed by atoms with Gasteiger partial charge >= 0.3 is 0 Å². The first-order chi connectivity index (χ1) is 10.0. The highest BCUT2D eigenvalue weighted by Gasteiger charge is 2.31. The molecule has 3 rings (SSSR count). The summed E-state index contributed by atoms with van der Waals surface area (Å²) in [6.07, 6.45) is 2.39. The largest absolute Gasteiger partial charge is 0.381 e. The molecule has 1 saturated carbocycles. The number of nitrogens with one attached hydrogen (secondary N) is 1. The van der Waals surface area contributed by atoms with Crippen molar-refractivity contribution in [3.63, 3.8) is 0 Å². The lowest BCUT2D eigenvalue weighted by Crippen LogP contribution is -2.34. The van der Waals surface area contributed by atoms with Crippen LogP contribution in [0, 0.1) is 13.8 Å². The predicted molar refractivity (Wildman–Crippen MR) is 97.1 cm³/mol. The van der Waals surface area contributed by atoms with Crippen molar-refractivity contribution in [2.24, 2.45) is 0 Å². The molecule has 3 heteroatoms. The van der Waals surface area contributed by atoms with Crippen molar-refractivity contribution < 1.29 is 0 Å². The van der Waals surface area contributed by atoms with E-state index in [2.05, 4.69) is 87.4 Å². The summed E-state index contributed by atoms with van der Waals surface area (Å²) in [6, 6.07) is 13.6. The Hall–Kier alpha value is -0.800. The van der Waals surface area contributed by atoms with Gasteiger partial charge in [0.1, 0.15) is 0 Å². The Morgan fingerprint density at radius 3 is 2.38 bits per heavy atom. The Balaban J connectivity index is 1.67. The van der Waals surface area contributed by atoms with E-state index in [9.17, 15) is 0 Å². The van der Waals surface area contributed by atoms with Crippen LogP contribution in [0.3, 0.4) is 0 Å². The van der Waals surface area contributed by atoms with Crippen molar-refractivity contribution >= 4 is 37.5 Å². The Labute approximate surface area is 143 Å². The van der Waals surface area contributed by atoms with Gasteiger partial charge in [0.25, 0.3) is 0 Å². The number of halogens is 2. The number of anilines is 1. The summed E-state index contributed by atoms with van der Waals surface area (Å²) in [5, 5.41) is 3.70. The molecule has 1 N–H and O–H groups in total. The highest BCUT2D eigenvalue weighted by Crippen LogP contribution is 2.42. The highest BCUT2D eigenvalue weighted by molar-refractivity contribution is 9.10. The minimum Gasteiger partial charge on any atom is -0.381 e. The van der Waals surface area contributed by atoms with Crippen LogP contribution < -0.4 is 5.32 Å². The maximum atomic E-state index is 3.70. The molecule has 0 amide bonds. The van der Waals surface area contributed by atoms with Gasteiger partial charge in [-0.2, -0.15) is 0 Å².